The van der Waals surface area contributed by atoms with Crippen molar-refractivity contribution >= 4 is 11.6 Å². The zero-order valence-electron chi connectivity index (χ0n) is 12.9. The molecule has 1 saturated heterocycles. The molecule has 1 fully saturated rings. The quantitative estimate of drug-likeness (QED) is 0.609. The molecule has 0 unspecified atom stereocenters. The fourth-order valence-corrected chi connectivity index (χ4v) is 2.07. The second kappa shape index (κ2) is 8.12. The van der Waals surface area contributed by atoms with Crippen LogP contribution in [-0.4, -0.2) is 56.1 Å². The second-order valence-electron chi connectivity index (χ2n) is 5.12. The van der Waals surface area contributed by atoms with E-state index in [0.717, 1.165) is 18.2 Å². The first-order valence-electron chi connectivity index (χ1n) is 7.22. The van der Waals surface area contributed by atoms with Crippen molar-refractivity contribution in [2.75, 3.05) is 33.0 Å². The van der Waals surface area contributed by atoms with Crippen LogP contribution in [0.2, 0.25) is 0 Å². The van der Waals surface area contributed by atoms with Crippen LogP contribution in [0.15, 0.2) is 18.2 Å². The van der Waals surface area contributed by atoms with Gasteiger partial charge in [-0.25, -0.2) is 0 Å². The largest absolute Gasteiger partial charge is 0.484 e. The van der Waals surface area contributed by atoms with Crippen LogP contribution in [0.1, 0.15) is 10.4 Å². The minimum absolute atomic E-state index is 0.0453. The van der Waals surface area contributed by atoms with E-state index in [1.807, 2.05) is 0 Å². The van der Waals surface area contributed by atoms with Gasteiger partial charge >= 0.3 is 6.18 Å². The molecule has 1 heterocycles. The number of hydrogen-bond acceptors (Lipinski definition) is 6. The number of nitro benzene ring substituents is 1. The summed E-state index contributed by atoms with van der Waals surface area (Å²) in [6, 6.07) is 2.82. The van der Waals surface area contributed by atoms with E-state index in [1.54, 1.807) is 0 Å². The maximum atomic E-state index is 12.2. The number of hydrogen-bond donors (Lipinski definition) is 1. The van der Waals surface area contributed by atoms with Crippen molar-refractivity contribution in [3.63, 3.8) is 0 Å². The zero-order chi connectivity index (χ0) is 18.4. The van der Waals surface area contributed by atoms with Gasteiger partial charge in [-0.15, -0.1) is 0 Å². The van der Waals surface area contributed by atoms with E-state index >= 15 is 0 Å². The van der Waals surface area contributed by atoms with E-state index in [1.165, 1.54) is 0 Å². The molecule has 1 aromatic carbocycles. The number of carbonyl (C=O) groups is 1. The molecule has 138 valence electrons. The van der Waals surface area contributed by atoms with Crippen LogP contribution < -0.4 is 10.1 Å². The molecular formula is C14H15F3N2O6. The van der Waals surface area contributed by atoms with Crippen molar-refractivity contribution in [2.45, 2.75) is 12.3 Å². The van der Waals surface area contributed by atoms with Gasteiger partial charge in [-0.05, 0) is 12.1 Å². The van der Waals surface area contributed by atoms with Crippen LogP contribution in [0.3, 0.4) is 0 Å². The summed E-state index contributed by atoms with van der Waals surface area (Å²) in [7, 11) is 0. The maximum absolute atomic E-state index is 12.2. The summed E-state index contributed by atoms with van der Waals surface area (Å²) in [6.07, 6.45) is -4.97. The number of nitrogens with one attached hydrogen (secondary N) is 1. The lowest BCUT2D eigenvalue weighted by atomic mass is 10.1. The first-order chi connectivity index (χ1) is 11.8. The van der Waals surface area contributed by atoms with E-state index in [9.17, 15) is 28.1 Å². The van der Waals surface area contributed by atoms with Gasteiger partial charge in [0.05, 0.1) is 30.8 Å². The van der Waals surface area contributed by atoms with Gasteiger partial charge in [0.1, 0.15) is 11.3 Å². The summed E-state index contributed by atoms with van der Waals surface area (Å²) in [5, 5.41) is 13.5. The predicted molar refractivity (Wildman–Crippen MR) is 77.5 cm³/mol. The highest BCUT2D eigenvalue weighted by molar-refractivity contribution is 5.98. The van der Waals surface area contributed by atoms with Crippen LogP contribution in [0.5, 0.6) is 5.75 Å². The summed E-state index contributed by atoms with van der Waals surface area (Å²) < 4.78 is 51.6. The lowest BCUT2D eigenvalue weighted by molar-refractivity contribution is -0.385. The predicted octanol–water partition coefficient (Wildman–Crippen LogP) is 1.68. The lowest BCUT2D eigenvalue weighted by Gasteiger charge is -2.23. The Morgan fingerprint density at radius 3 is 2.76 bits per heavy atom. The first-order valence-corrected chi connectivity index (χ1v) is 7.22. The number of amides is 1. The Labute approximate surface area is 140 Å². The molecule has 11 heteroatoms. The molecule has 0 aromatic heterocycles. The number of rotatable bonds is 6. The van der Waals surface area contributed by atoms with E-state index in [2.05, 4.69) is 10.1 Å². The van der Waals surface area contributed by atoms with E-state index in [0.29, 0.717) is 13.2 Å². The van der Waals surface area contributed by atoms with E-state index < -0.39 is 41.0 Å². The molecule has 1 N–H and O–H groups in total. The Hall–Kier alpha value is -2.40. The highest BCUT2D eigenvalue weighted by Crippen LogP contribution is 2.25. The van der Waals surface area contributed by atoms with Crippen molar-refractivity contribution < 1.29 is 37.1 Å². The molecule has 8 nitrogen and oxygen atoms in total. The number of benzene rings is 1. The number of halogens is 3. The van der Waals surface area contributed by atoms with Crippen molar-refractivity contribution in [1.29, 1.82) is 0 Å². The molecule has 1 atom stereocenters. The summed E-state index contributed by atoms with van der Waals surface area (Å²) in [4.78, 5) is 22.4. The van der Waals surface area contributed by atoms with Crippen LogP contribution >= 0.6 is 0 Å². The van der Waals surface area contributed by atoms with Gasteiger partial charge in [0.2, 0.25) is 0 Å². The minimum Gasteiger partial charge on any atom is -0.484 e. The average Bonchev–Trinajstić information content (AvgIpc) is 2.57. The zero-order valence-corrected chi connectivity index (χ0v) is 12.9. The third-order valence-corrected chi connectivity index (χ3v) is 3.19. The standard InChI is InChI=1S/C14H15F3N2O6/c15-14(16,17)8-25-9-1-2-12(19(21)22)11(5-9)13(20)18-6-10-7-23-3-4-24-10/h1-2,5,10H,3-4,6-8H2,(H,18,20)/t10-/m0/s1. The molecule has 0 radical (unpaired) electrons. The van der Waals surface area contributed by atoms with Crippen molar-refractivity contribution in [3.8, 4) is 5.75 Å². The van der Waals surface area contributed by atoms with Gasteiger partial charge in [0.15, 0.2) is 6.61 Å². The van der Waals surface area contributed by atoms with Crippen LogP contribution in [0.4, 0.5) is 18.9 Å². The molecule has 0 aliphatic carbocycles. The number of nitrogens with zero attached hydrogens (tertiary/aromatic N) is 1. The third-order valence-electron chi connectivity index (χ3n) is 3.19. The van der Waals surface area contributed by atoms with Crippen molar-refractivity contribution in [3.05, 3.63) is 33.9 Å². The van der Waals surface area contributed by atoms with E-state index in [-0.39, 0.29) is 18.9 Å². The second-order valence-corrected chi connectivity index (χ2v) is 5.12. The minimum atomic E-state index is -4.57. The Morgan fingerprint density at radius 2 is 2.16 bits per heavy atom. The molecule has 1 aliphatic rings. The number of nitro groups is 1. The highest BCUT2D eigenvalue weighted by atomic mass is 19.4. The molecule has 1 amide bonds. The smallest absolute Gasteiger partial charge is 0.422 e. The molecular weight excluding hydrogens is 349 g/mol. The van der Waals surface area contributed by atoms with Crippen molar-refractivity contribution in [2.24, 2.45) is 0 Å². The first kappa shape index (κ1) is 18.9. The lowest BCUT2D eigenvalue weighted by Crippen LogP contribution is -2.39. The Kier molecular flexibility index (Phi) is 6.15. The van der Waals surface area contributed by atoms with Crippen molar-refractivity contribution in [1.82, 2.24) is 5.32 Å². The van der Waals surface area contributed by atoms with Gasteiger partial charge < -0.3 is 19.5 Å². The number of carbonyl (C=O) groups excluding carboxylic acids is 1. The molecule has 0 saturated carbocycles. The summed E-state index contributed by atoms with van der Waals surface area (Å²) in [5.74, 6) is -1.12. The molecule has 25 heavy (non-hydrogen) atoms. The molecule has 1 aromatic rings. The van der Waals surface area contributed by atoms with Gasteiger partial charge in [0.25, 0.3) is 11.6 Å². The third kappa shape index (κ3) is 5.87. The molecule has 2 rings (SSSR count). The molecule has 0 bridgehead atoms. The van der Waals surface area contributed by atoms with Gasteiger partial charge in [-0.2, -0.15) is 13.2 Å². The molecule has 1 aliphatic heterocycles. The maximum Gasteiger partial charge on any atom is 0.422 e. The van der Waals surface area contributed by atoms with Gasteiger partial charge in [-0.3, -0.25) is 14.9 Å². The average molecular weight is 364 g/mol. The fourth-order valence-electron chi connectivity index (χ4n) is 2.07. The van der Waals surface area contributed by atoms with Crippen LogP contribution in [-0.2, 0) is 9.47 Å². The Balaban J connectivity index is 2.08. The number of alkyl halides is 3. The van der Waals surface area contributed by atoms with Crippen LogP contribution in [0, 0.1) is 10.1 Å². The summed E-state index contributed by atoms with van der Waals surface area (Å²) >= 11 is 0. The topological polar surface area (TPSA) is 99.9 Å². The highest BCUT2D eigenvalue weighted by Gasteiger charge is 2.29. The summed E-state index contributed by atoms with van der Waals surface area (Å²) in [6.45, 7) is -0.462. The fraction of sp³-hybridized carbons (Fsp3) is 0.500. The molecule has 0 spiro atoms. The van der Waals surface area contributed by atoms with Gasteiger partial charge in [0, 0.05) is 12.6 Å². The Bertz CT molecular complexity index is 631. The van der Waals surface area contributed by atoms with Gasteiger partial charge in [-0.1, -0.05) is 0 Å². The van der Waals surface area contributed by atoms with Crippen LogP contribution in [0.25, 0.3) is 0 Å². The Morgan fingerprint density at radius 1 is 1.40 bits per heavy atom. The SMILES string of the molecule is O=C(NC[C@H]1COCCO1)c1cc(OCC(F)(F)F)ccc1[N+](=O)[O-]. The normalized spacial score (nSPS) is 17.8. The number of ether oxygens (including phenoxy) is 3. The monoisotopic (exact) mass is 364 g/mol. The summed E-state index contributed by atoms with van der Waals surface area (Å²) in [5.41, 5.74) is -0.945. The van der Waals surface area contributed by atoms with E-state index in [4.69, 9.17) is 9.47 Å².